The van der Waals surface area contributed by atoms with Crippen LogP contribution in [0.25, 0.3) is 5.69 Å². The number of aromatic nitrogens is 2. The number of aryl methyl sites for hydroxylation is 1. The number of anilines is 1. The minimum atomic E-state index is -0.192. The van der Waals surface area contributed by atoms with E-state index in [1.807, 2.05) is 37.3 Å². The first kappa shape index (κ1) is 26.6. The fourth-order valence-electron chi connectivity index (χ4n) is 3.65. The Morgan fingerprint density at radius 1 is 1.03 bits per heavy atom. The molecular weight excluding hydrogens is 412 g/mol. The number of nitrogens with zero attached hydrogens (tertiary/aromatic N) is 3. The molecule has 33 heavy (non-hydrogen) atoms. The molecule has 6 nitrogen and oxygen atoms in total. The Bertz CT molecular complexity index is 911. The molecule has 1 N–H and O–H groups in total. The first-order valence-electron chi connectivity index (χ1n) is 12.4. The summed E-state index contributed by atoms with van der Waals surface area (Å²) in [6.45, 7) is 13.3. The molecule has 6 heteroatoms. The van der Waals surface area contributed by atoms with Gasteiger partial charge in [0.15, 0.2) is 0 Å². The molecule has 182 valence electrons. The molecule has 0 saturated heterocycles. The van der Waals surface area contributed by atoms with E-state index in [1.165, 1.54) is 0 Å². The topological polar surface area (TPSA) is 67.2 Å². The number of benzene rings is 1. The zero-order valence-corrected chi connectivity index (χ0v) is 21.4. The predicted molar refractivity (Wildman–Crippen MR) is 136 cm³/mol. The maximum Gasteiger partial charge on any atom is 0.245 e. The van der Waals surface area contributed by atoms with Crippen LogP contribution in [0.4, 0.5) is 5.82 Å². The van der Waals surface area contributed by atoms with Gasteiger partial charge in [-0.25, -0.2) is 4.68 Å². The fourth-order valence-corrected chi connectivity index (χ4v) is 3.65. The van der Waals surface area contributed by atoms with Crippen molar-refractivity contribution in [2.45, 2.75) is 91.9 Å². The highest BCUT2D eigenvalue weighted by atomic mass is 16.2. The third-order valence-electron chi connectivity index (χ3n) is 5.70. The van der Waals surface area contributed by atoms with Crippen molar-refractivity contribution in [2.75, 3.05) is 18.4 Å². The van der Waals surface area contributed by atoms with E-state index >= 15 is 0 Å². The van der Waals surface area contributed by atoms with E-state index in [2.05, 4.69) is 39.9 Å². The third-order valence-corrected chi connectivity index (χ3v) is 5.70. The minimum absolute atomic E-state index is 0.0659. The smallest absolute Gasteiger partial charge is 0.245 e. The van der Waals surface area contributed by atoms with Gasteiger partial charge in [-0.1, -0.05) is 72.4 Å². The molecule has 0 aliphatic heterocycles. The number of carbonyl (C=O) groups is 2. The van der Waals surface area contributed by atoms with E-state index in [0.29, 0.717) is 18.8 Å². The van der Waals surface area contributed by atoms with Crippen LogP contribution in [-0.4, -0.2) is 39.6 Å². The number of carbonyl (C=O) groups excluding carboxylic acids is 2. The molecule has 0 saturated carbocycles. The van der Waals surface area contributed by atoms with Crippen LogP contribution in [0.3, 0.4) is 0 Å². The van der Waals surface area contributed by atoms with E-state index in [9.17, 15) is 9.59 Å². The number of unbranched alkanes of at least 4 members (excludes halogenated alkanes) is 4. The molecule has 0 unspecified atom stereocenters. The molecule has 0 bridgehead atoms. The lowest BCUT2D eigenvalue weighted by Gasteiger charge is -2.22. The maximum atomic E-state index is 13.0. The fraction of sp³-hybridized carbons (Fsp3) is 0.593. The van der Waals surface area contributed by atoms with Gasteiger partial charge in [-0.3, -0.25) is 9.59 Å². The monoisotopic (exact) mass is 454 g/mol. The zero-order chi connectivity index (χ0) is 24.4. The summed E-state index contributed by atoms with van der Waals surface area (Å²) in [6.07, 6.45) is 6.60. The van der Waals surface area contributed by atoms with Crippen molar-refractivity contribution in [3.63, 3.8) is 0 Å². The highest BCUT2D eigenvalue weighted by Gasteiger charge is 2.23. The molecule has 0 aliphatic rings. The molecule has 1 aromatic carbocycles. The average molecular weight is 455 g/mol. The largest absolute Gasteiger partial charge is 0.333 e. The van der Waals surface area contributed by atoms with E-state index < -0.39 is 0 Å². The summed E-state index contributed by atoms with van der Waals surface area (Å²) >= 11 is 0. The second-order valence-electron chi connectivity index (χ2n) is 9.94. The molecule has 0 fully saturated rings. The van der Waals surface area contributed by atoms with Gasteiger partial charge in [0.2, 0.25) is 11.8 Å². The van der Waals surface area contributed by atoms with Crippen molar-refractivity contribution >= 4 is 17.6 Å². The van der Waals surface area contributed by atoms with Crippen LogP contribution in [0.2, 0.25) is 0 Å². The molecule has 0 spiro atoms. The van der Waals surface area contributed by atoms with Crippen molar-refractivity contribution < 1.29 is 9.59 Å². The number of rotatable bonds is 12. The van der Waals surface area contributed by atoms with Crippen molar-refractivity contribution in [1.29, 1.82) is 0 Å². The zero-order valence-electron chi connectivity index (χ0n) is 21.4. The number of nitrogens with one attached hydrogen (secondary N) is 1. The quantitative estimate of drug-likeness (QED) is 0.399. The second kappa shape index (κ2) is 12.6. The summed E-state index contributed by atoms with van der Waals surface area (Å²) in [5.74, 6) is 0.501. The summed E-state index contributed by atoms with van der Waals surface area (Å²) in [5, 5.41) is 7.82. The van der Waals surface area contributed by atoms with Crippen LogP contribution in [-0.2, 0) is 15.0 Å². The van der Waals surface area contributed by atoms with Crippen LogP contribution < -0.4 is 5.32 Å². The molecule has 2 rings (SSSR count). The molecule has 2 amide bonds. The van der Waals surface area contributed by atoms with E-state index in [0.717, 1.165) is 55.5 Å². The second-order valence-corrected chi connectivity index (χ2v) is 9.94. The van der Waals surface area contributed by atoms with Crippen molar-refractivity contribution in [1.82, 2.24) is 14.7 Å². The van der Waals surface area contributed by atoms with Gasteiger partial charge in [0.1, 0.15) is 5.82 Å². The summed E-state index contributed by atoms with van der Waals surface area (Å²) in [7, 11) is 0. The Morgan fingerprint density at radius 2 is 1.76 bits per heavy atom. The summed E-state index contributed by atoms with van der Waals surface area (Å²) in [5.41, 5.74) is 2.76. The average Bonchev–Trinajstić information content (AvgIpc) is 3.18. The van der Waals surface area contributed by atoms with Crippen LogP contribution in [0.15, 0.2) is 30.3 Å². The molecule has 0 atom stereocenters. The van der Waals surface area contributed by atoms with Gasteiger partial charge < -0.3 is 10.2 Å². The molecule has 2 aromatic rings. The van der Waals surface area contributed by atoms with Crippen LogP contribution in [0.1, 0.15) is 90.8 Å². The van der Waals surface area contributed by atoms with Gasteiger partial charge >= 0.3 is 0 Å². The normalized spacial score (nSPS) is 11.5. The van der Waals surface area contributed by atoms with Gasteiger partial charge in [0.05, 0.1) is 17.9 Å². The first-order chi connectivity index (χ1) is 15.7. The Morgan fingerprint density at radius 3 is 2.39 bits per heavy atom. The first-order valence-corrected chi connectivity index (χ1v) is 12.4. The van der Waals surface area contributed by atoms with Gasteiger partial charge in [0, 0.05) is 24.4 Å². The Kier molecular flexibility index (Phi) is 10.1. The molecule has 0 aliphatic carbocycles. The highest BCUT2D eigenvalue weighted by Crippen LogP contribution is 2.26. The van der Waals surface area contributed by atoms with Gasteiger partial charge in [-0.2, -0.15) is 5.10 Å². The lowest BCUT2D eigenvalue weighted by atomic mass is 9.92. The molecule has 1 aromatic heterocycles. The van der Waals surface area contributed by atoms with Crippen LogP contribution >= 0.6 is 0 Å². The predicted octanol–water partition coefficient (Wildman–Crippen LogP) is 6.02. The maximum absolute atomic E-state index is 13.0. The number of amides is 2. The van der Waals surface area contributed by atoms with E-state index in [1.54, 1.807) is 9.58 Å². The standard InChI is InChI=1S/C27H42N4O2/c1-7-9-11-12-16-26(33)30(17-10-8-2)20-25(32)28-24-19-23(27(4,5)6)29-31(24)22-15-13-14-21(3)18-22/h13-15,18-19H,7-12,16-17,20H2,1-6H3,(H,28,32). The lowest BCUT2D eigenvalue weighted by molar-refractivity contribution is -0.134. The lowest BCUT2D eigenvalue weighted by Crippen LogP contribution is -2.38. The number of hydrogen-bond acceptors (Lipinski definition) is 3. The molecule has 1 heterocycles. The van der Waals surface area contributed by atoms with E-state index in [4.69, 9.17) is 5.10 Å². The Labute approximate surface area is 199 Å². The van der Waals surface area contributed by atoms with Gasteiger partial charge in [0.25, 0.3) is 0 Å². The van der Waals surface area contributed by atoms with Crippen molar-refractivity contribution in [3.05, 3.63) is 41.6 Å². The highest BCUT2D eigenvalue weighted by molar-refractivity contribution is 5.94. The number of hydrogen-bond donors (Lipinski definition) is 1. The Balaban J connectivity index is 2.18. The van der Waals surface area contributed by atoms with Crippen LogP contribution in [0.5, 0.6) is 0 Å². The van der Waals surface area contributed by atoms with Gasteiger partial charge in [-0.15, -0.1) is 0 Å². The van der Waals surface area contributed by atoms with Crippen molar-refractivity contribution in [2.24, 2.45) is 0 Å². The minimum Gasteiger partial charge on any atom is -0.333 e. The van der Waals surface area contributed by atoms with Crippen molar-refractivity contribution in [3.8, 4) is 5.69 Å². The Hall–Kier alpha value is -2.63. The molecular formula is C27H42N4O2. The van der Waals surface area contributed by atoms with E-state index in [-0.39, 0.29) is 23.8 Å². The third kappa shape index (κ3) is 8.34. The van der Waals surface area contributed by atoms with Crippen LogP contribution in [0, 0.1) is 6.92 Å². The SMILES string of the molecule is CCCCCCC(=O)N(CCCC)CC(=O)Nc1cc(C(C)(C)C)nn1-c1cccc(C)c1. The van der Waals surface area contributed by atoms with Gasteiger partial charge in [-0.05, 0) is 37.5 Å². The summed E-state index contributed by atoms with van der Waals surface area (Å²) in [4.78, 5) is 27.5. The summed E-state index contributed by atoms with van der Waals surface area (Å²) < 4.78 is 1.79. The summed E-state index contributed by atoms with van der Waals surface area (Å²) in [6, 6.07) is 9.98. The molecule has 0 radical (unpaired) electrons.